The predicted octanol–water partition coefficient (Wildman–Crippen LogP) is 5.74. The van der Waals surface area contributed by atoms with E-state index >= 15 is 0 Å². The van der Waals surface area contributed by atoms with Crippen LogP contribution in [0.25, 0.3) is 0 Å². The Morgan fingerprint density at radius 3 is 1.14 bits per heavy atom. The van der Waals surface area contributed by atoms with Gasteiger partial charge in [0.05, 0.1) is 27.9 Å². The van der Waals surface area contributed by atoms with E-state index in [1.54, 1.807) is 77.9 Å². The summed E-state index contributed by atoms with van der Waals surface area (Å²) in [6, 6.07) is 10.3. The minimum Gasteiger partial charge on any atom is -0.266 e. The monoisotopic (exact) mass is 652 g/mol. The zero-order valence-corrected chi connectivity index (χ0v) is 28.5. The van der Waals surface area contributed by atoms with Crippen molar-refractivity contribution < 1.29 is 37.8 Å². The largest absolute Gasteiger partial charge is 0.297 e. The van der Waals surface area contributed by atoms with E-state index in [0.29, 0.717) is 33.4 Å². The first-order valence-electron chi connectivity index (χ1n) is 13.7. The van der Waals surface area contributed by atoms with Crippen LogP contribution in [0.5, 0.6) is 0 Å². The molecular formula is C31H40O9S3. The predicted molar refractivity (Wildman–Crippen MR) is 165 cm³/mol. The van der Waals surface area contributed by atoms with E-state index in [9.17, 15) is 25.3 Å². The van der Waals surface area contributed by atoms with Gasteiger partial charge in [0.1, 0.15) is 6.10 Å². The smallest absolute Gasteiger partial charge is 0.266 e. The maximum Gasteiger partial charge on any atom is 0.297 e. The molecule has 0 saturated heterocycles. The van der Waals surface area contributed by atoms with Crippen LogP contribution in [0.3, 0.4) is 0 Å². The third-order valence-corrected chi connectivity index (χ3v) is 11.8. The molecule has 1 atom stereocenters. The summed E-state index contributed by atoms with van der Waals surface area (Å²) in [4.78, 5) is -0.0389. The SMILES string of the molecule is Cc1cc(C)c(S(=O)(=O)OCCC(COS(=O)(=O)c2c(C)cc(C)cc2C)OS(=O)(=O)c2c(C)cc(C)cc2C)c(C)c1. The highest BCUT2D eigenvalue weighted by Gasteiger charge is 2.30. The minimum absolute atomic E-state index is 0.0194. The van der Waals surface area contributed by atoms with Gasteiger partial charge < -0.3 is 0 Å². The summed E-state index contributed by atoms with van der Waals surface area (Å²) in [6.45, 7) is 14.2. The van der Waals surface area contributed by atoms with Crippen LogP contribution in [0.1, 0.15) is 56.5 Å². The molecule has 0 spiro atoms. The molecule has 0 aliphatic rings. The Balaban J connectivity index is 1.91. The minimum atomic E-state index is -4.41. The number of aryl methyl sites for hydroxylation is 9. The van der Waals surface area contributed by atoms with Gasteiger partial charge in [-0.05, 0) is 95.7 Å². The summed E-state index contributed by atoms with van der Waals surface area (Å²) >= 11 is 0. The van der Waals surface area contributed by atoms with Crippen molar-refractivity contribution in [3.05, 3.63) is 86.5 Å². The lowest BCUT2D eigenvalue weighted by Gasteiger charge is -2.20. The van der Waals surface area contributed by atoms with E-state index in [1.807, 2.05) is 20.8 Å². The molecule has 3 aromatic rings. The molecule has 9 nitrogen and oxygen atoms in total. The Kier molecular flexibility index (Phi) is 10.7. The highest BCUT2D eigenvalue weighted by molar-refractivity contribution is 7.87. The molecule has 0 fully saturated rings. The number of hydrogen-bond acceptors (Lipinski definition) is 9. The van der Waals surface area contributed by atoms with Crippen molar-refractivity contribution in [3.8, 4) is 0 Å². The molecule has 0 amide bonds. The van der Waals surface area contributed by atoms with Crippen molar-refractivity contribution in [1.82, 2.24) is 0 Å². The van der Waals surface area contributed by atoms with Gasteiger partial charge in [0.15, 0.2) is 0 Å². The zero-order chi connectivity index (χ0) is 32.5. The molecule has 0 aliphatic carbocycles. The first-order valence-corrected chi connectivity index (χ1v) is 17.9. The van der Waals surface area contributed by atoms with Crippen LogP contribution in [-0.4, -0.2) is 44.6 Å². The van der Waals surface area contributed by atoms with E-state index in [2.05, 4.69) is 0 Å². The number of benzene rings is 3. The summed E-state index contributed by atoms with van der Waals surface area (Å²) in [5.74, 6) is 0. The van der Waals surface area contributed by atoms with Gasteiger partial charge in [-0.3, -0.25) is 12.5 Å². The molecule has 0 bridgehead atoms. The molecule has 0 heterocycles. The molecule has 0 N–H and O–H groups in total. The van der Waals surface area contributed by atoms with Gasteiger partial charge in [0, 0.05) is 6.42 Å². The average Bonchev–Trinajstić information content (AvgIpc) is 2.79. The van der Waals surface area contributed by atoms with E-state index < -0.39 is 49.7 Å². The molecule has 1 unspecified atom stereocenters. The van der Waals surface area contributed by atoms with Crippen molar-refractivity contribution in [3.63, 3.8) is 0 Å². The second-order valence-corrected chi connectivity index (χ2v) is 15.8. The van der Waals surface area contributed by atoms with Crippen LogP contribution in [-0.2, 0) is 42.9 Å². The fourth-order valence-corrected chi connectivity index (χ4v) is 9.85. The van der Waals surface area contributed by atoms with Gasteiger partial charge in [0.2, 0.25) is 0 Å². The third kappa shape index (κ3) is 8.31. The topological polar surface area (TPSA) is 130 Å². The van der Waals surface area contributed by atoms with Gasteiger partial charge in [-0.2, -0.15) is 25.3 Å². The molecule has 3 rings (SSSR count). The van der Waals surface area contributed by atoms with E-state index in [4.69, 9.17) is 12.5 Å². The fourth-order valence-electron chi connectivity index (χ4n) is 5.64. The molecule has 0 aromatic heterocycles. The van der Waals surface area contributed by atoms with Crippen LogP contribution in [0, 0.1) is 62.3 Å². The van der Waals surface area contributed by atoms with E-state index in [1.165, 1.54) is 0 Å². The van der Waals surface area contributed by atoms with Crippen molar-refractivity contribution in [1.29, 1.82) is 0 Å². The van der Waals surface area contributed by atoms with Crippen LogP contribution >= 0.6 is 0 Å². The summed E-state index contributed by atoms with van der Waals surface area (Å²) in [7, 11) is -12.9. The van der Waals surface area contributed by atoms with Gasteiger partial charge >= 0.3 is 0 Å². The second kappa shape index (κ2) is 13.2. The zero-order valence-electron chi connectivity index (χ0n) is 26.1. The van der Waals surface area contributed by atoms with Crippen molar-refractivity contribution in [2.75, 3.05) is 13.2 Å². The van der Waals surface area contributed by atoms with Gasteiger partial charge in [-0.1, -0.05) is 53.1 Å². The summed E-state index contributed by atoms with van der Waals surface area (Å²) in [5, 5.41) is 0. The Bertz CT molecular complexity index is 1790. The lowest BCUT2D eigenvalue weighted by molar-refractivity contribution is 0.114. The first-order chi connectivity index (χ1) is 19.7. The summed E-state index contributed by atoms with van der Waals surface area (Å²) in [6.07, 6.45) is -1.69. The fraction of sp³-hybridized carbons (Fsp3) is 0.419. The maximum absolute atomic E-state index is 13.5. The normalized spacial score (nSPS) is 13.3. The first kappa shape index (κ1) is 34.9. The Labute approximate surface area is 256 Å². The lowest BCUT2D eigenvalue weighted by Crippen LogP contribution is -2.28. The quantitative estimate of drug-likeness (QED) is 0.225. The summed E-state index contributed by atoms with van der Waals surface area (Å²) < 4.78 is 95.7. The average molecular weight is 653 g/mol. The number of hydrogen-bond donors (Lipinski definition) is 0. The number of rotatable bonds is 12. The van der Waals surface area contributed by atoms with Crippen LogP contribution in [0.15, 0.2) is 51.1 Å². The van der Waals surface area contributed by atoms with Crippen LogP contribution < -0.4 is 0 Å². The van der Waals surface area contributed by atoms with E-state index in [-0.39, 0.29) is 21.1 Å². The molecular weight excluding hydrogens is 613 g/mol. The van der Waals surface area contributed by atoms with Gasteiger partial charge in [-0.25, -0.2) is 0 Å². The molecule has 12 heteroatoms. The Hall–Kier alpha value is -2.61. The van der Waals surface area contributed by atoms with Gasteiger partial charge in [-0.15, -0.1) is 0 Å². The maximum atomic E-state index is 13.5. The molecule has 0 saturated carbocycles. The van der Waals surface area contributed by atoms with Crippen molar-refractivity contribution in [2.24, 2.45) is 0 Å². The molecule has 236 valence electrons. The van der Waals surface area contributed by atoms with Crippen molar-refractivity contribution in [2.45, 2.75) is 89.5 Å². The summed E-state index contributed by atoms with van der Waals surface area (Å²) in [5.41, 5.74) is 5.53. The standard InChI is InChI=1S/C31H40O9S3/c1-19-12-22(4)29(23(5)13-19)41(32,33)38-11-10-28(40-43(36,37)31-26(8)16-21(3)17-27(31)9)18-39-42(34,35)30-24(6)14-20(2)15-25(30)7/h12-17,28H,10-11,18H2,1-9H3. The Morgan fingerprint density at radius 1 is 0.488 bits per heavy atom. The van der Waals surface area contributed by atoms with Crippen molar-refractivity contribution >= 4 is 30.4 Å². The lowest BCUT2D eigenvalue weighted by atomic mass is 10.1. The van der Waals surface area contributed by atoms with Crippen LogP contribution in [0.2, 0.25) is 0 Å². The molecule has 43 heavy (non-hydrogen) atoms. The van der Waals surface area contributed by atoms with Gasteiger partial charge in [0.25, 0.3) is 30.4 Å². The van der Waals surface area contributed by atoms with E-state index in [0.717, 1.165) is 16.7 Å². The molecule has 0 radical (unpaired) electrons. The highest BCUT2D eigenvalue weighted by atomic mass is 32.2. The third-order valence-electron chi connectivity index (χ3n) is 6.91. The highest BCUT2D eigenvalue weighted by Crippen LogP contribution is 2.28. The second-order valence-electron chi connectivity index (χ2n) is 11.2. The molecule has 0 aliphatic heterocycles. The van der Waals surface area contributed by atoms with Crippen LogP contribution in [0.4, 0.5) is 0 Å². The Morgan fingerprint density at radius 2 is 0.791 bits per heavy atom. The molecule has 3 aromatic carbocycles.